The molecule has 1 aromatic carbocycles. The van der Waals surface area contributed by atoms with Gasteiger partial charge in [0.15, 0.2) is 18.0 Å². The van der Waals surface area contributed by atoms with Gasteiger partial charge in [-0.1, -0.05) is 6.58 Å². The van der Waals surface area contributed by atoms with Crippen LogP contribution in [0.25, 0.3) is 0 Å². The van der Waals surface area contributed by atoms with E-state index >= 15 is 0 Å². The summed E-state index contributed by atoms with van der Waals surface area (Å²) in [5, 5.41) is 0. The van der Waals surface area contributed by atoms with Gasteiger partial charge in [0.2, 0.25) is 0 Å². The first kappa shape index (κ1) is 13.3. The SMILES string of the molecule is C=C(C)[C@@H]1Oc2ccc(C(C)=O)cc2[C@H]1OC(C)=O. The summed E-state index contributed by atoms with van der Waals surface area (Å²) in [7, 11) is 0. The molecule has 100 valence electrons. The number of Topliss-reactive ketones (excluding diaryl/α,β-unsaturated/α-hetero) is 1. The van der Waals surface area contributed by atoms with Crippen LogP contribution in [-0.2, 0) is 9.53 Å². The zero-order valence-corrected chi connectivity index (χ0v) is 11.2. The van der Waals surface area contributed by atoms with Gasteiger partial charge in [-0.3, -0.25) is 9.59 Å². The molecule has 0 spiro atoms. The lowest BCUT2D eigenvalue weighted by Gasteiger charge is -2.18. The molecule has 19 heavy (non-hydrogen) atoms. The molecule has 2 atom stereocenters. The largest absolute Gasteiger partial charge is 0.481 e. The van der Waals surface area contributed by atoms with Crippen molar-refractivity contribution in [2.75, 3.05) is 0 Å². The third-order valence-corrected chi connectivity index (χ3v) is 3.03. The molecule has 0 fully saturated rings. The van der Waals surface area contributed by atoms with Gasteiger partial charge in [0.25, 0.3) is 0 Å². The van der Waals surface area contributed by atoms with E-state index in [4.69, 9.17) is 9.47 Å². The number of hydrogen-bond acceptors (Lipinski definition) is 4. The maximum Gasteiger partial charge on any atom is 0.303 e. The van der Waals surface area contributed by atoms with Gasteiger partial charge in [-0.2, -0.15) is 0 Å². The number of benzene rings is 1. The van der Waals surface area contributed by atoms with Gasteiger partial charge in [0, 0.05) is 18.1 Å². The van der Waals surface area contributed by atoms with E-state index in [2.05, 4.69) is 6.58 Å². The van der Waals surface area contributed by atoms with E-state index < -0.39 is 12.2 Å². The van der Waals surface area contributed by atoms with E-state index in [1.165, 1.54) is 13.8 Å². The highest BCUT2D eigenvalue weighted by atomic mass is 16.6. The van der Waals surface area contributed by atoms with Crippen LogP contribution in [0.3, 0.4) is 0 Å². The van der Waals surface area contributed by atoms with E-state index in [9.17, 15) is 9.59 Å². The third kappa shape index (κ3) is 2.52. The first-order valence-corrected chi connectivity index (χ1v) is 6.04. The molecule has 1 aliphatic rings. The van der Waals surface area contributed by atoms with Crippen LogP contribution in [0.5, 0.6) is 5.75 Å². The fraction of sp³-hybridized carbons (Fsp3) is 0.333. The summed E-state index contributed by atoms with van der Waals surface area (Å²) in [4.78, 5) is 22.6. The van der Waals surface area contributed by atoms with Gasteiger partial charge >= 0.3 is 5.97 Å². The van der Waals surface area contributed by atoms with Gasteiger partial charge in [0.1, 0.15) is 5.75 Å². The lowest BCUT2D eigenvalue weighted by atomic mass is 9.99. The molecule has 2 rings (SSSR count). The van der Waals surface area contributed by atoms with Gasteiger partial charge in [-0.15, -0.1) is 0 Å². The Labute approximate surface area is 112 Å². The number of carbonyl (C=O) groups is 2. The van der Waals surface area contributed by atoms with Crippen LogP contribution in [-0.4, -0.2) is 17.9 Å². The summed E-state index contributed by atoms with van der Waals surface area (Å²) in [5.41, 5.74) is 2.06. The molecule has 1 aromatic rings. The molecule has 1 heterocycles. The van der Waals surface area contributed by atoms with Crippen LogP contribution in [0.15, 0.2) is 30.4 Å². The van der Waals surface area contributed by atoms with Crippen molar-refractivity contribution >= 4 is 11.8 Å². The number of fused-ring (bicyclic) bond motifs is 1. The Hall–Kier alpha value is -2.10. The minimum Gasteiger partial charge on any atom is -0.481 e. The van der Waals surface area contributed by atoms with Crippen LogP contribution in [0, 0.1) is 0 Å². The Balaban J connectivity index is 2.44. The zero-order chi connectivity index (χ0) is 14.2. The first-order chi connectivity index (χ1) is 8.90. The highest BCUT2D eigenvalue weighted by Crippen LogP contribution is 2.41. The highest BCUT2D eigenvalue weighted by Gasteiger charge is 2.37. The van der Waals surface area contributed by atoms with Crippen molar-refractivity contribution in [3.63, 3.8) is 0 Å². The van der Waals surface area contributed by atoms with Gasteiger partial charge in [-0.05, 0) is 37.6 Å². The second-order valence-electron chi connectivity index (χ2n) is 4.72. The second-order valence-corrected chi connectivity index (χ2v) is 4.72. The first-order valence-electron chi connectivity index (χ1n) is 6.04. The van der Waals surface area contributed by atoms with Crippen molar-refractivity contribution in [3.05, 3.63) is 41.5 Å². The fourth-order valence-corrected chi connectivity index (χ4v) is 2.12. The van der Waals surface area contributed by atoms with Gasteiger partial charge < -0.3 is 9.47 Å². The molecule has 0 aliphatic carbocycles. The zero-order valence-electron chi connectivity index (χ0n) is 11.2. The lowest BCUT2D eigenvalue weighted by molar-refractivity contribution is -0.149. The van der Waals surface area contributed by atoms with Gasteiger partial charge in [-0.25, -0.2) is 0 Å². The number of rotatable bonds is 3. The number of ketones is 1. The van der Waals surface area contributed by atoms with Crippen molar-refractivity contribution in [2.45, 2.75) is 33.0 Å². The van der Waals surface area contributed by atoms with Gasteiger partial charge in [0.05, 0.1) is 0 Å². The number of carbonyl (C=O) groups excluding carboxylic acids is 2. The van der Waals surface area contributed by atoms with Crippen molar-refractivity contribution in [2.24, 2.45) is 0 Å². The van der Waals surface area contributed by atoms with Crippen molar-refractivity contribution in [1.82, 2.24) is 0 Å². The topological polar surface area (TPSA) is 52.6 Å². The molecular weight excluding hydrogens is 244 g/mol. The molecule has 0 saturated carbocycles. The monoisotopic (exact) mass is 260 g/mol. The van der Waals surface area contributed by atoms with E-state index in [1.54, 1.807) is 18.2 Å². The van der Waals surface area contributed by atoms with Crippen LogP contribution in [0.4, 0.5) is 0 Å². The summed E-state index contributed by atoms with van der Waals surface area (Å²) < 4.78 is 11.0. The predicted molar refractivity (Wildman–Crippen MR) is 70.2 cm³/mol. The highest BCUT2D eigenvalue weighted by molar-refractivity contribution is 5.94. The maximum atomic E-state index is 11.4. The Morgan fingerprint density at radius 2 is 1.95 bits per heavy atom. The van der Waals surface area contributed by atoms with E-state index in [-0.39, 0.29) is 11.8 Å². The van der Waals surface area contributed by atoms with Crippen molar-refractivity contribution in [3.8, 4) is 5.75 Å². The molecule has 0 aromatic heterocycles. The Morgan fingerprint density at radius 1 is 1.26 bits per heavy atom. The molecule has 0 radical (unpaired) electrons. The Kier molecular flexibility index (Phi) is 3.42. The second kappa shape index (κ2) is 4.88. The molecule has 0 unspecified atom stereocenters. The van der Waals surface area contributed by atoms with Crippen LogP contribution in [0.1, 0.15) is 42.8 Å². The minimum atomic E-state index is -0.538. The average Bonchev–Trinajstić information content (AvgIpc) is 2.66. The number of hydrogen-bond donors (Lipinski definition) is 0. The van der Waals surface area contributed by atoms with E-state index in [0.717, 1.165) is 11.1 Å². The third-order valence-electron chi connectivity index (χ3n) is 3.03. The van der Waals surface area contributed by atoms with Crippen molar-refractivity contribution in [1.29, 1.82) is 0 Å². The van der Waals surface area contributed by atoms with Crippen LogP contribution in [0.2, 0.25) is 0 Å². The number of esters is 1. The fourth-order valence-electron chi connectivity index (χ4n) is 2.12. The Morgan fingerprint density at radius 3 is 2.47 bits per heavy atom. The summed E-state index contributed by atoms with van der Waals surface area (Å²) in [6.07, 6.45) is -0.939. The predicted octanol–water partition coefficient (Wildman–Crippen LogP) is 2.83. The summed E-state index contributed by atoms with van der Waals surface area (Å²) in [6, 6.07) is 5.15. The summed E-state index contributed by atoms with van der Waals surface area (Å²) >= 11 is 0. The molecule has 4 heteroatoms. The van der Waals surface area contributed by atoms with E-state index in [0.29, 0.717) is 11.3 Å². The minimum absolute atomic E-state index is 0.0387. The Bertz CT molecular complexity index is 559. The number of ether oxygens (including phenoxy) is 2. The quantitative estimate of drug-likeness (QED) is 0.476. The molecule has 0 N–H and O–H groups in total. The maximum absolute atomic E-state index is 11.4. The smallest absolute Gasteiger partial charge is 0.303 e. The molecule has 1 aliphatic heterocycles. The standard InChI is InChI=1S/C15H16O4/c1-8(2)14-15(18-10(4)17)12-7-11(9(3)16)5-6-13(12)19-14/h5-7,14-15H,1H2,2-4H3/t14-,15+/m0/s1. The summed E-state index contributed by atoms with van der Waals surface area (Å²) in [6.45, 7) is 8.51. The molecular formula is C15H16O4. The normalized spacial score (nSPS) is 20.4. The van der Waals surface area contributed by atoms with E-state index in [1.807, 2.05) is 6.92 Å². The molecule has 0 amide bonds. The molecule has 4 nitrogen and oxygen atoms in total. The van der Waals surface area contributed by atoms with Crippen LogP contribution < -0.4 is 4.74 Å². The lowest BCUT2D eigenvalue weighted by Crippen LogP contribution is -2.23. The average molecular weight is 260 g/mol. The van der Waals surface area contributed by atoms with Crippen LogP contribution >= 0.6 is 0 Å². The molecule has 0 saturated heterocycles. The summed E-state index contributed by atoms with van der Waals surface area (Å²) in [5.74, 6) is 0.202. The van der Waals surface area contributed by atoms with Crippen molar-refractivity contribution < 1.29 is 19.1 Å². The molecule has 0 bridgehead atoms.